The summed E-state index contributed by atoms with van der Waals surface area (Å²) in [4.78, 5) is 45.7. The molecule has 0 radical (unpaired) electrons. The lowest BCUT2D eigenvalue weighted by molar-refractivity contribution is -0.144. The molecule has 2 amide bonds. The Morgan fingerprint density at radius 2 is 1.94 bits per heavy atom. The maximum Gasteiger partial charge on any atom is 0.315 e. The second-order valence-electron chi connectivity index (χ2n) is 7.94. The summed E-state index contributed by atoms with van der Waals surface area (Å²) in [5.74, 6) is -1.44. The van der Waals surface area contributed by atoms with Gasteiger partial charge >= 0.3 is 5.97 Å². The number of aromatic nitrogens is 2. The maximum absolute atomic E-state index is 12.7. The van der Waals surface area contributed by atoms with Crippen molar-refractivity contribution in [3.05, 3.63) is 60.2 Å². The predicted molar refractivity (Wildman–Crippen MR) is 133 cm³/mol. The first-order valence-electron chi connectivity index (χ1n) is 11.1. The summed E-state index contributed by atoms with van der Waals surface area (Å²) in [6.45, 7) is 2.71. The molecule has 0 unspecified atom stereocenters. The molecule has 0 aliphatic carbocycles. The molecule has 1 aliphatic rings. The lowest BCUT2D eigenvalue weighted by atomic mass is 9.80. The van der Waals surface area contributed by atoms with Gasteiger partial charge in [0.05, 0.1) is 6.61 Å². The fourth-order valence-corrected chi connectivity index (χ4v) is 4.10. The summed E-state index contributed by atoms with van der Waals surface area (Å²) in [7, 11) is 0. The first-order chi connectivity index (χ1) is 15.6. The van der Waals surface area contributed by atoms with Crippen molar-refractivity contribution in [1.82, 2.24) is 20.6 Å². The van der Waals surface area contributed by atoms with E-state index in [4.69, 9.17) is 4.74 Å². The van der Waals surface area contributed by atoms with E-state index >= 15 is 0 Å². The summed E-state index contributed by atoms with van der Waals surface area (Å²) in [6.07, 6.45) is 9.15. The lowest BCUT2D eigenvalue weighted by Crippen LogP contribution is -2.44. The normalized spacial score (nSPS) is 17.9. The molecule has 0 spiro atoms. The van der Waals surface area contributed by atoms with Crippen LogP contribution < -0.4 is 10.6 Å². The number of rotatable bonds is 10. The van der Waals surface area contributed by atoms with Crippen LogP contribution in [0.15, 0.2) is 49.1 Å². The van der Waals surface area contributed by atoms with Crippen LogP contribution in [0.2, 0.25) is 0 Å². The topological polar surface area (TPSA) is 110 Å². The van der Waals surface area contributed by atoms with Gasteiger partial charge in [-0.2, -0.15) is 0 Å². The number of carbonyl (C=O) groups is 3. The fourth-order valence-electron chi connectivity index (χ4n) is 4.10. The number of esters is 1. The summed E-state index contributed by atoms with van der Waals surface area (Å²) in [5, 5.41) is 5.79. The molecule has 3 heterocycles. The van der Waals surface area contributed by atoms with Crippen LogP contribution in [0.3, 0.4) is 0 Å². The molecule has 8 nitrogen and oxygen atoms in total. The second-order valence-corrected chi connectivity index (χ2v) is 7.94. The minimum atomic E-state index is -0.621. The number of nitrogens with one attached hydrogen (secondary N) is 2. The Hall–Kier alpha value is -2.71. The lowest BCUT2D eigenvalue weighted by Gasteiger charge is -2.31. The van der Waals surface area contributed by atoms with Crippen LogP contribution in [-0.2, 0) is 25.5 Å². The maximum atomic E-state index is 12.7. The minimum absolute atomic E-state index is 0. The molecule has 10 heteroatoms. The van der Waals surface area contributed by atoms with Crippen molar-refractivity contribution < 1.29 is 19.1 Å². The number of carbonyl (C=O) groups excluding carboxylic acids is 3. The first-order valence-corrected chi connectivity index (χ1v) is 11.1. The van der Waals surface area contributed by atoms with Gasteiger partial charge < -0.3 is 15.4 Å². The summed E-state index contributed by atoms with van der Waals surface area (Å²) >= 11 is 0. The van der Waals surface area contributed by atoms with Gasteiger partial charge in [-0.25, -0.2) is 0 Å². The van der Waals surface area contributed by atoms with Crippen LogP contribution in [0.25, 0.3) is 0 Å². The molecule has 0 aromatic carbocycles. The smallest absolute Gasteiger partial charge is 0.315 e. The predicted octanol–water partition coefficient (Wildman–Crippen LogP) is 2.86. The van der Waals surface area contributed by atoms with Crippen molar-refractivity contribution in [2.75, 3.05) is 19.7 Å². The zero-order valence-corrected chi connectivity index (χ0v) is 20.8. The van der Waals surface area contributed by atoms with Gasteiger partial charge in [-0.05, 0) is 61.4 Å². The van der Waals surface area contributed by atoms with E-state index in [1.54, 1.807) is 43.8 Å². The average molecular weight is 511 g/mol. The van der Waals surface area contributed by atoms with Crippen LogP contribution in [0.4, 0.5) is 0 Å². The molecule has 2 aromatic heterocycles. The number of halogens is 2. The van der Waals surface area contributed by atoms with Crippen LogP contribution >= 0.6 is 24.8 Å². The Labute approximate surface area is 212 Å². The van der Waals surface area contributed by atoms with Crippen molar-refractivity contribution in [1.29, 1.82) is 0 Å². The Morgan fingerprint density at radius 1 is 1.18 bits per heavy atom. The Bertz CT molecular complexity index is 902. The van der Waals surface area contributed by atoms with Crippen molar-refractivity contribution in [2.45, 2.75) is 38.5 Å². The van der Waals surface area contributed by atoms with Gasteiger partial charge in [0.2, 0.25) is 11.8 Å². The van der Waals surface area contributed by atoms with Gasteiger partial charge in [-0.3, -0.25) is 24.4 Å². The van der Waals surface area contributed by atoms with Crippen molar-refractivity contribution in [3.8, 4) is 0 Å². The van der Waals surface area contributed by atoms with Gasteiger partial charge in [-0.15, -0.1) is 24.8 Å². The standard InChI is InChI=1S/C24H30N4O4.2ClH/c1-2-32-24(31)21(19-4-3-10-26-15-19)16-28-22(29)14-18-9-13-27-23(30)20(18)6-5-17-7-11-25-12-8-17;;/h3-4,7-8,10-12,15,18,20-21H,2,5-6,9,13-14,16H2,1H3,(H,27,30)(H,28,29);2*1H/t18-,20+,21-;;/m0../s1. The highest BCUT2D eigenvalue weighted by Crippen LogP contribution is 2.28. The minimum Gasteiger partial charge on any atom is -0.465 e. The summed E-state index contributed by atoms with van der Waals surface area (Å²) in [5.41, 5.74) is 1.81. The highest BCUT2D eigenvalue weighted by atomic mass is 35.5. The number of piperidine rings is 1. The zero-order chi connectivity index (χ0) is 22.8. The largest absolute Gasteiger partial charge is 0.465 e. The van der Waals surface area contributed by atoms with Crippen LogP contribution in [0.1, 0.15) is 43.2 Å². The van der Waals surface area contributed by atoms with Gasteiger partial charge in [0, 0.05) is 50.2 Å². The van der Waals surface area contributed by atoms with Crippen LogP contribution in [-0.4, -0.2) is 47.4 Å². The van der Waals surface area contributed by atoms with Gasteiger partial charge in [0.1, 0.15) is 5.92 Å². The second kappa shape index (κ2) is 15.2. The van der Waals surface area contributed by atoms with Crippen LogP contribution in [0, 0.1) is 11.8 Å². The molecule has 34 heavy (non-hydrogen) atoms. The molecule has 2 aromatic rings. The molecule has 0 bridgehead atoms. The van der Waals surface area contributed by atoms with Gasteiger partial charge in [0.25, 0.3) is 0 Å². The molecular weight excluding hydrogens is 479 g/mol. The number of hydrogen-bond donors (Lipinski definition) is 2. The molecule has 0 saturated carbocycles. The van der Waals surface area contributed by atoms with E-state index in [-0.39, 0.29) is 68.0 Å². The number of ether oxygens (including phenoxy) is 1. The number of pyridine rings is 2. The Balaban J connectivity index is 0.00000289. The van der Waals surface area contributed by atoms with Crippen LogP contribution in [0.5, 0.6) is 0 Å². The van der Waals surface area contributed by atoms with E-state index in [9.17, 15) is 14.4 Å². The van der Waals surface area contributed by atoms with E-state index in [1.807, 2.05) is 12.1 Å². The van der Waals surface area contributed by atoms with Gasteiger partial charge in [-0.1, -0.05) is 6.07 Å². The number of nitrogens with zero attached hydrogens (tertiary/aromatic N) is 2. The van der Waals surface area contributed by atoms with E-state index in [1.165, 1.54) is 0 Å². The van der Waals surface area contributed by atoms with Gasteiger partial charge in [0.15, 0.2) is 0 Å². The molecule has 3 atom stereocenters. The summed E-state index contributed by atoms with van der Waals surface area (Å²) in [6, 6.07) is 7.42. The summed E-state index contributed by atoms with van der Waals surface area (Å²) < 4.78 is 5.17. The highest BCUT2D eigenvalue weighted by molar-refractivity contribution is 5.86. The highest BCUT2D eigenvalue weighted by Gasteiger charge is 2.33. The van der Waals surface area contributed by atoms with E-state index in [2.05, 4.69) is 20.6 Å². The number of amides is 2. The third-order valence-corrected chi connectivity index (χ3v) is 5.82. The van der Waals surface area contributed by atoms with E-state index < -0.39 is 11.9 Å². The fraction of sp³-hybridized carbons (Fsp3) is 0.458. The molecule has 3 rings (SSSR count). The third-order valence-electron chi connectivity index (χ3n) is 5.82. The molecule has 1 aliphatic heterocycles. The van der Waals surface area contributed by atoms with E-state index in [0.717, 1.165) is 18.4 Å². The molecule has 186 valence electrons. The Morgan fingerprint density at radius 3 is 2.62 bits per heavy atom. The van der Waals surface area contributed by atoms with Crippen molar-refractivity contribution >= 4 is 42.6 Å². The monoisotopic (exact) mass is 510 g/mol. The zero-order valence-electron chi connectivity index (χ0n) is 19.1. The third kappa shape index (κ3) is 8.57. The molecule has 1 fully saturated rings. The average Bonchev–Trinajstić information content (AvgIpc) is 2.80. The SMILES string of the molecule is CCOC(=O)[C@@H](CNC(=O)C[C@@H]1CCNC(=O)[C@@H]1CCc1ccncc1)c1cccnc1.Cl.Cl. The first kappa shape index (κ1) is 29.3. The molecule has 1 saturated heterocycles. The quantitative estimate of drug-likeness (QED) is 0.475. The number of aryl methyl sites for hydroxylation is 1. The molecular formula is C24H32Cl2N4O4. The Kier molecular flexibility index (Phi) is 13.1. The van der Waals surface area contributed by atoms with Crippen molar-refractivity contribution in [2.24, 2.45) is 11.8 Å². The van der Waals surface area contributed by atoms with Crippen molar-refractivity contribution in [3.63, 3.8) is 0 Å². The molecule has 2 N–H and O–H groups in total. The van der Waals surface area contributed by atoms with E-state index in [0.29, 0.717) is 18.5 Å². The number of hydrogen-bond acceptors (Lipinski definition) is 6.